The number of carbonyl (C=O) groups is 2. The third kappa shape index (κ3) is 3.31. The molecule has 1 aromatic rings. The fourth-order valence-electron chi connectivity index (χ4n) is 3.05. The molecular formula is C17H21N3O5. The van der Waals surface area contributed by atoms with Gasteiger partial charge in [0.1, 0.15) is 5.75 Å². The molecule has 2 aliphatic heterocycles. The van der Waals surface area contributed by atoms with Crippen LogP contribution in [0.15, 0.2) is 35.5 Å². The largest absolute Gasteiger partial charge is 0.497 e. The molecule has 3 amide bonds. The van der Waals surface area contributed by atoms with Crippen LogP contribution in [0.5, 0.6) is 5.75 Å². The Morgan fingerprint density at radius 1 is 1.16 bits per heavy atom. The summed E-state index contributed by atoms with van der Waals surface area (Å²) in [6.07, 6.45) is -0.520. The van der Waals surface area contributed by atoms with Crippen LogP contribution in [0.2, 0.25) is 0 Å². The molecule has 0 radical (unpaired) electrons. The van der Waals surface area contributed by atoms with E-state index in [2.05, 4.69) is 10.6 Å². The molecular weight excluding hydrogens is 326 g/mol. The van der Waals surface area contributed by atoms with E-state index in [9.17, 15) is 9.59 Å². The smallest absolute Gasteiger partial charge is 0.319 e. The zero-order valence-corrected chi connectivity index (χ0v) is 14.4. The second-order valence-electron chi connectivity index (χ2n) is 5.78. The number of hydrogen-bond acceptors (Lipinski definition) is 5. The molecule has 0 fully saturated rings. The minimum absolute atomic E-state index is 0.151. The van der Waals surface area contributed by atoms with Crippen LogP contribution in [-0.2, 0) is 14.3 Å². The lowest BCUT2D eigenvalue weighted by atomic mass is 9.96. The Balaban J connectivity index is 1.86. The highest BCUT2D eigenvalue weighted by molar-refractivity contribution is 6.01. The average molecular weight is 347 g/mol. The van der Waals surface area contributed by atoms with Crippen molar-refractivity contribution in [2.45, 2.75) is 12.3 Å². The van der Waals surface area contributed by atoms with E-state index in [0.29, 0.717) is 23.6 Å². The normalized spacial score (nSPS) is 19.8. The van der Waals surface area contributed by atoms with E-state index in [1.54, 1.807) is 24.1 Å². The quantitative estimate of drug-likeness (QED) is 0.742. The third-order valence-electron chi connectivity index (χ3n) is 4.36. The van der Waals surface area contributed by atoms with E-state index in [-0.39, 0.29) is 18.5 Å². The van der Waals surface area contributed by atoms with E-state index in [4.69, 9.17) is 14.2 Å². The molecule has 0 spiro atoms. The molecule has 25 heavy (non-hydrogen) atoms. The number of nitrogens with one attached hydrogen (secondary N) is 2. The van der Waals surface area contributed by atoms with Crippen LogP contribution in [0.4, 0.5) is 4.79 Å². The molecule has 2 N–H and O–H groups in total. The maximum absolute atomic E-state index is 12.9. The van der Waals surface area contributed by atoms with Crippen molar-refractivity contribution in [2.75, 3.05) is 34.4 Å². The van der Waals surface area contributed by atoms with Crippen LogP contribution < -0.4 is 15.4 Å². The van der Waals surface area contributed by atoms with Gasteiger partial charge in [-0.25, -0.2) is 4.79 Å². The maximum atomic E-state index is 12.9. The average Bonchev–Trinajstić information content (AvgIpc) is 2.94. The fraction of sp³-hybridized carbons (Fsp3) is 0.412. The van der Waals surface area contributed by atoms with Crippen LogP contribution >= 0.6 is 0 Å². The number of carbonyl (C=O) groups excluding carboxylic acids is 2. The summed E-state index contributed by atoms with van der Waals surface area (Å²) >= 11 is 0. The standard InChI is InChI=1S/C17H21N3O5/c1-23-11-6-4-10(5-7-11)15-14-12(18-17(22)19-15)8-20(16(14)21)9-13(24-2)25-3/h4-7,13,15H,8-9H2,1-3H3,(H2,18,19,22)/t15-/m0/s1. The monoisotopic (exact) mass is 347 g/mol. The highest BCUT2D eigenvalue weighted by atomic mass is 16.7. The van der Waals surface area contributed by atoms with Gasteiger partial charge in [-0.2, -0.15) is 0 Å². The number of nitrogens with zero attached hydrogens (tertiary/aromatic N) is 1. The molecule has 0 unspecified atom stereocenters. The van der Waals surface area contributed by atoms with Crippen molar-refractivity contribution < 1.29 is 23.8 Å². The summed E-state index contributed by atoms with van der Waals surface area (Å²) in [5, 5.41) is 5.55. The Labute approximate surface area is 145 Å². The summed E-state index contributed by atoms with van der Waals surface area (Å²) in [6, 6.07) is 6.44. The van der Waals surface area contributed by atoms with Crippen LogP contribution in [0.1, 0.15) is 11.6 Å². The van der Waals surface area contributed by atoms with Gasteiger partial charge in [0, 0.05) is 14.2 Å². The second kappa shape index (κ2) is 7.12. The van der Waals surface area contributed by atoms with Crippen LogP contribution in [0.25, 0.3) is 0 Å². The topological polar surface area (TPSA) is 89.1 Å². The van der Waals surface area contributed by atoms with E-state index in [0.717, 1.165) is 5.56 Å². The van der Waals surface area contributed by atoms with E-state index >= 15 is 0 Å². The molecule has 134 valence electrons. The van der Waals surface area contributed by atoms with Gasteiger partial charge in [-0.05, 0) is 17.7 Å². The van der Waals surface area contributed by atoms with Crippen molar-refractivity contribution in [2.24, 2.45) is 0 Å². The number of urea groups is 1. The van der Waals surface area contributed by atoms with Gasteiger partial charge in [-0.3, -0.25) is 4.79 Å². The third-order valence-corrected chi connectivity index (χ3v) is 4.36. The molecule has 0 bridgehead atoms. The number of benzene rings is 1. The first-order valence-electron chi connectivity index (χ1n) is 7.86. The number of amides is 3. The minimum atomic E-state index is -0.520. The van der Waals surface area contributed by atoms with Gasteiger partial charge in [0.2, 0.25) is 0 Å². The Bertz CT molecular complexity index is 697. The first-order chi connectivity index (χ1) is 12.1. The zero-order valence-electron chi connectivity index (χ0n) is 14.4. The summed E-state index contributed by atoms with van der Waals surface area (Å²) in [6.45, 7) is 0.599. The van der Waals surface area contributed by atoms with Crippen molar-refractivity contribution in [3.05, 3.63) is 41.1 Å². The van der Waals surface area contributed by atoms with E-state index < -0.39 is 12.3 Å². The lowest BCUT2D eigenvalue weighted by molar-refractivity contribution is -0.140. The Morgan fingerprint density at radius 3 is 2.44 bits per heavy atom. The summed E-state index contributed by atoms with van der Waals surface area (Å²) in [5.41, 5.74) is 1.96. The van der Waals surface area contributed by atoms with Crippen LogP contribution in [-0.4, -0.2) is 57.5 Å². The van der Waals surface area contributed by atoms with Gasteiger partial charge in [-0.15, -0.1) is 0 Å². The molecule has 2 heterocycles. The van der Waals surface area contributed by atoms with Crippen molar-refractivity contribution in [3.8, 4) is 5.75 Å². The summed E-state index contributed by atoms with van der Waals surface area (Å²) in [7, 11) is 4.62. The first-order valence-corrected chi connectivity index (χ1v) is 7.86. The predicted molar refractivity (Wildman–Crippen MR) is 88.8 cm³/mol. The number of ether oxygens (including phenoxy) is 3. The lowest BCUT2D eigenvalue weighted by Gasteiger charge is -2.26. The van der Waals surface area contributed by atoms with Crippen molar-refractivity contribution in [1.29, 1.82) is 0 Å². The molecule has 8 nitrogen and oxygen atoms in total. The van der Waals surface area contributed by atoms with Gasteiger partial charge in [0.25, 0.3) is 5.91 Å². The Morgan fingerprint density at radius 2 is 1.84 bits per heavy atom. The van der Waals surface area contributed by atoms with Gasteiger partial charge in [-0.1, -0.05) is 12.1 Å². The van der Waals surface area contributed by atoms with Gasteiger partial charge < -0.3 is 29.7 Å². The number of rotatable bonds is 6. The molecule has 1 aromatic carbocycles. The highest BCUT2D eigenvalue weighted by Crippen LogP contribution is 2.33. The molecule has 1 atom stereocenters. The minimum Gasteiger partial charge on any atom is -0.497 e. The molecule has 3 rings (SSSR count). The highest BCUT2D eigenvalue weighted by Gasteiger charge is 2.40. The van der Waals surface area contributed by atoms with E-state index in [1.807, 2.05) is 12.1 Å². The van der Waals surface area contributed by atoms with Gasteiger partial charge in [0.05, 0.1) is 37.5 Å². The lowest BCUT2D eigenvalue weighted by Crippen LogP contribution is -2.44. The number of hydrogen-bond donors (Lipinski definition) is 2. The summed E-state index contributed by atoms with van der Waals surface area (Å²) in [5.74, 6) is 0.558. The predicted octanol–water partition coefficient (Wildman–Crippen LogP) is 0.764. The van der Waals surface area contributed by atoms with Gasteiger partial charge >= 0.3 is 6.03 Å². The molecule has 0 saturated heterocycles. The number of methoxy groups -OCH3 is 3. The van der Waals surface area contributed by atoms with E-state index in [1.165, 1.54) is 14.2 Å². The molecule has 0 saturated carbocycles. The first kappa shape index (κ1) is 17.2. The molecule has 0 aliphatic carbocycles. The zero-order chi connectivity index (χ0) is 18.0. The summed E-state index contributed by atoms with van der Waals surface area (Å²) in [4.78, 5) is 26.5. The Kier molecular flexibility index (Phi) is 4.91. The molecule has 2 aliphatic rings. The second-order valence-corrected chi connectivity index (χ2v) is 5.78. The van der Waals surface area contributed by atoms with Crippen LogP contribution in [0.3, 0.4) is 0 Å². The Hall–Kier alpha value is -2.58. The fourth-order valence-corrected chi connectivity index (χ4v) is 3.05. The van der Waals surface area contributed by atoms with Gasteiger partial charge in [0.15, 0.2) is 6.29 Å². The maximum Gasteiger partial charge on any atom is 0.319 e. The molecule has 8 heteroatoms. The van der Waals surface area contributed by atoms with Crippen molar-refractivity contribution in [1.82, 2.24) is 15.5 Å². The SMILES string of the molecule is COc1ccc([C@@H]2NC(=O)NC3=C2C(=O)N(CC(OC)OC)C3)cc1. The summed E-state index contributed by atoms with van der Waals surface area (Å²) < 4.78 is 15.5. The van der Waals surface area contributed by atoms with Crippen molar-refractivity contribution in [3.63, 3.8) is 0 Å². The molecule has 0 aromatic heterocycles. The van der Waals surface area contributed by atoms with Crippen LogP contribution in [0, 0.1) is 0 Å². The van der Waals surface area contributed by atoms with Crippen molar-refractivity contribution >= 4 is 11.9 Å².